The summed E-state index contributed by atoms with van der Waals surface area (Å²) in [6, 6.07) is 5.59. The summed E-state index contributed by atoms with van der Waals surface area (Å²) < 4.78 is 18.4. The SMILES string of the molecule is Cc1[nH]nc(C(C)C)c1C(=O)NC(C)COc1ccc(F)cc1. The first-order valence-electron chi connectivity index (χ1n) is 7.62. The average molecular weight is 319 g/mol. The minimum absolute atomic E-state index is 0.159. The standard InChI is InChI=1S/C17H22FN3O2/c1-10(2)16-15(12(4)20-21-16)17(22)19-11(3)9-23-14-7-5-13(18)6-8-14/h5-8,10-11H,9H2,1-4H3,(H,19,22)(H,20,21). The van der Waals surface area contributed by atoms with E-state index in [2.05, 4.69) is 15.5 Å². The van der Waals surface area contributed by atoms with Crippen LogP contribution in [0.15, 0.2) is 24.3 Å². The molecule has 23 heavy (non-hydrogen) atoms. The Balaban J connectivity index is 1.95. The van der Waals surface area contributed by atoms with Gasteiger partial charge in [-0.25, -0.2) is 4.39 Å². The highest BCUT2D eigenvalue weighted by atomic mass is 19.1. The van der Waals surface area contributed by atoms with Crippen molar-refractivity contribution in [3.8, 4) is 5.75 Å². The van der Waals surface area contributed by atoms with Crippen molar-refractivity contribution in [1.29, 1.82) is 0 Å². The van der Waals surface area contributed by atoms with E-state index in [1.807, 2.05) is 27.7 Å². The van der Waals surface area contributed by atoms with Gasteiger partial charge in [-0.1, -0.05) is 13.8 Å². The number of hydrogen-bond donors (Lipinski definition) is 2. The van der Waals surface area contributed by atoms with E-state index >= 15 is 0 Å². The number of H-pyrrole nitrogens is 1. The molecule has 0 saturated carbocycles. The molecule has 0 bridgehead atoms. The summed E-state index contributed by atoms with van der Waals surface area (Å²) in [5.41, 5.74) is 2.10. The highest BCUT2D eigenvalue weighted by Gasteiger charge is 2.21. The molecule has 0 fully saturated rings. The number of carbonyl (C=O) groups excluding carboxylic acids is 1. The van der Waals surface area contributed by atoms with E-state index in [0.29, 0.717) is 17.9 Å². The van der Waals surface area contributed by atoms with E-state index in [4.69, 9.17) is 4.74 Å². The van der Waals surface area contributed by atoms with Gasteiger partial charge < -0.3 is 10.1 Å². The summed E-state index contributed by atoms with van der Waals surface area (Å²) in [4.78, 5) is 12.4. The van der Waals surface area contributed by atoms with Crippen LogP contribution in [0.4, 0.5) is 4.39 Å². The summed E-state index contributed by atoms with van der Waals surface area (Å²) in [6.07, 6.45) is 0. The van der Waals surface area contributed by atoms with Gasteiger partial charge >= 0.3 is 0 Å². The predicted molar refractivity (Wildman–Crippen MR) is 86.2 cm³/mol. The number of nitrogens with zero attached hydrogens (tertiary/aromatic N) is 1. The molecule has 1 heterocycles. The van der Waals surface area contributed by atoms with Crippen molar-refractivity contribution in [3.63, 3.8) is 0 Å². The van der Waals surface area contributed by atoms with Crippen molar-refractivity contribution >= 4 is 5.91 Å². The van der Waals surface area contributed by atoms with Gasteiger partial charge in [0, 0.05) is 5.69 Å². The lowest BCUT2D eigenvalue weighted by molar-refractivity contribution is 0.0925. The zero-order chi connectivity index (χ0) is 17.0. The van der Waals surface area contributed by atoms with Crippen LogP contribution in [0, 0.1) is 12.7 Å². The van der Waals surface area contributed by atoms with E-state index in [-0.39, 0.29) is 23.7 Å². The molecule has 2 N–H and O–H groups in total. The van der Waals surface area contributed by atoms with Crippen LogP contribution in [0.3, 0.4) is 0 Å². The molecular formula is C17H22FN3O2. The molecule has 0 radical (unpaired) electrons. The summed E-state index contributed by atoms with van der Waals surface area (Å²) >= 11 is 0. The third-order valence-corrected chi connectivity index (χ3v) is 3.44. The minimum atomic E-state index is -0.310. The van der Waals surface area contributed by atoms with Gasteiger partial charge in [-0.3, -0.25) is 9.89 Å². The van der Waals surface area contributed by atoms with Crippen LogP contribution in [-0.2, 0) is 0 Å². The quantitative estimate of drug-likeness (QED) is 0.859. The fourth-order valence-corrected chi connectivity index (χ4v) is 2.24. The number of amides is 1. The van der Waals surface area contributed by atoms with Crippen LogP contribution >= 0.6 is 0 Å². The number of halogens is 1. The number of aromatic nitrogens is 2. The smallest absolute Gasteiger partial charge is 0.255 e. The van der Waals surface area contributed by atoms with Gasteiger partial charge in [0.1, 0.15) is 18.2 Å². The summed E-state index contributed by atoms with van der Waals surface area (Å²) in [5, 5.41) is 9.95. The van der Waals surface area contributed by atoms with Crippen molar-refractivity contribution in [2.75, 3.05) is 6.61 Å². The lowest BCUT2D eigenvalue weighted by Gasteiger charge is -2.16. The maximum atomic E-state index is 12.8. The van der Waals surface area contributed by atoms with Gasteiger partial charge in [-0.15, -0.1) is 0 Å². The van der Waals surface area contributed by atoms with Gasteiger partial charge in [0.25, 0.3) is 5.91 Å². The van der Waals surface area contributed by atoms with Gasteiger partial charge in [-0.05, 0) is 44.0 Å². The minimum Gasteiger partial charge on any atom is -0.491 e. The van der Waals surface area contributed by atoms with Crippen LogP contribution in [0.25, 0.3) is 0 Å². The Bertz CT molecular complexity index is 665. The lowest BCUT2D eigenvalue weighted by atomic mass is 10.0. The molecule has 0 spiro atoms. The topological polar surface area (TPSA) is 67.0 Å². The molecule has 1 atom stereocenters. The van der Waals surface area contributed by atoms with Gasteiger partial charge in [-0.2, -0.15) is 5.10 Å². The molecule has 5 nitrogen and oxygen atoms in total. The fraction of sp³-hybridized carbons (Fsp3) is 0.412. The number of carbonyl (C=O) groups is 1. The molecular weight excluding hydrogens is 297 g/mol. The number of benzene rings is 1. The molecule has 2 aromatic rings. The van der Waals surface area contributed by atoms with Crippen LogP contribution in [0.1, 0.15) is 48.4 Å². The second-order valence-corrected chi connectivity index (χ2v) is 5.90. The Morgan fingerprint density at radius 1 is 1.30 bits per heavy atom. The molecule has 2 rings (SSSR count). The number of nitrogens with one attached hydrogen (secondary N) is 2. The summed E-state index contributed by atoms with van der Waals surface area (Å²) in [6.45, 7) is 7.96. The number of ether oxygens (including phenoxy) is 1. The third-order valence-electron chi connectivity index (χ3n) is 3.44. The Kier molecular flexibility index (Phi) is 5.36. The fourth-order valence-electron chi connectivity index (χ4n) is 2.24. The van der Waals surface area contributed by atoms with Crippen LogP contribution in [0.2, 0.25) is 0 Å². The Labute approximate surface area is 135 Å². The summed E-state index contributed by atoms with van der Waals surface area (Å²) in [5.74, 6) is 0.242. The molecule has 0 aliphatic heterocycles. The maximum absolute atomic E-state index is 12.8. The van der Waals surface area contributed by atoms with Crippen molar-refractivity contribution < 1.29 is 13.9 Å². The van der Waals surface area contributed by atoms with E-state index in [1.54, 1.807) is 12.1 Å². The number of aromatic amines is 1. The van der Waals surface area contributed by atoms with E-state index in [1.165, 1.54) is 12.1 Å². The molecule has 0 saturated heterocycles. The van der Waals surface area contributed by atoms with E-state index < -0.39 is 0 Å². The first-order chi connectivity index (χ1) is 10.9. The normalized spacial score (nSPS) is 12.3. The molecule has 0 aliphatic carbocycles. The zero-order valence-corrected chi connectivity index (χ0v) is 13.8. The van der Waals surface area contributed by atoms with Crippen molar-refractivity contribution in [2.24, 2.45) is 0 Å². The Hall–Kier alpha value is -2.37. The highest BCUT2D eigenvalue weighted by molar-refractivity contribution is 5.96. The summed E-state index contributed by atoms with van der Waals surface area (Å²) in [7, 11) is 0. The predicted octanol–water partition coefficient (Wildman–Crippen LogP) is 3.18. The third kappa shape index (κ3) is 4.31. The monoisotopic (exact) mass is 319 g/mol. The van der Waals surface area contributed by atoms with Gasteiger partial charge in [0.05, 0.1) is 17.3 Å². The zero-order valence-electron chi connectivity index (χ0n) is 13.8. The van der Waals surface area contributed by atoms with Crippen molar-refractivity contribution in [1.82, 2.24) is 15.5 Å². The maximum Gasteiger partial charge on any atom is 0.255 e. The molecule has 124 valence electrons. The first-order valence-corrected chi connectivity index (χ1v) is 7.62. The highest BCUT2D eigenvalue weighted by Crippen LogP contribution is 2.19. The van der Waals surface area contributed by atoms with Gasteiger partial charge in [0.15, 0.2) is 0 Å². The first kappa shape index (κ1) is 17.0. The largest absolute Gasteiger partial charge is 0.491 e. The number of hydrogen-bond acceptors (Lipinski definition) is 3. The van der Waals surface area contributed by atoms with Crippen LogP contribution in [-0.4, -0.2) is 28.8 Å². The van der Waals surface area contributed by atoms with E-state index in [9.17, 15) is 9.18 Å². The number of rotatable bonds is 6. The molecule has 1 aromatic carbocycles. The molecule has 6 heteroatoms. The van der Waals surface area contributed by atoms with Crippen LogP contribution in [0.5, 0.6) is 5.75 Å². The number of aryl methyl sites for hydroxylation is 1. The van der Waals surface area contributed by atoms with Crippen LogP contribution < -0.4 is 10.1 Å². The van der Waals surface area contributed by atoms with Gasteiger partial charge in [0.2, 0.25) is 0 Å². The second kappa shape index (κ2) is 7.26. The van der Waals surface area contributed by atoms with Crippen molar-refractivity contribution in [2.45, 2.75) is 39.7 Å². The molecule has 1 aromatic heterocycles. The average Bonchev–Trinajstić information content (AvgIpc) is 2.88. The lowest BCUT2D eigenvalue weighted by Crippen LogP contribution is -2.37. The molecule has 1 unspecified atom stereocenters. The Morgan fingerprint density at radius 2 is 1.96 bits per heavy atom. The van der Waals surface area contributed by atoms with E-state index in [0.717, 1.165) is 11.4 Å². The molecule has 1 amide bonds. The second-order valence-electron chi connectivity index (χ2n) is 5.90. The Morgan fingerprint density at radius 3 is 2.57 bits per heavy atom. The van der Waals surface area contributed by atoms with Crippen molar-refractivity contribution in [3.05, 3.63) is 47.0 Å². The molecule has 0 aliphatic rings.